The van der Waals surface area contributed by atoms with Gasteiger partial charge >= 0.3 is 0 Å². The van der Waals surface area contributed by atoms with Crippen molar-refractivity contribution in [3.05, 3.63) is 78.1 Å². The lowest BCUT2D eigenvalue weighted by atomic mass is 10.1. The minimum absolute atomic E-state index is 0.0287. The van der Waals surface area contributed by atoms with E-state index in [1.165, 1.54) is 0 Å². The first-order chi connectivity index (χ1) is 12.7. The maximum absolute atomic E-state index is 12.3. The Bertz CT molecular complexity index is 841. The summed E-state index contributed by atoms with van der Waals surface area (Å²) in [5.41, 5.74) is 2.90. The molecule has 0 saturated heterocycles. The molecule has 1 atom stereocenters. The zero-order valence-electron chi connectivity index (χ0n) is 15.1. The van der Waals surface area contributed by atoms with Gasteiger partial charge in [0.2, 0.25) is 5.91 Å². The number of nitrogens with zero attached hydrogens (tertiary/aromatic N) is 2. The van der Waals surface area contributed by atoms with Crippen molar-refractivity contribution in [1.29, 1.82) is 0 Å². The number of rotatable bonds is 7. The molecule has 1 heterocycles. The van der Waals surface area contributed by atoms with Crippen LogP contribution in [-0.2, 0) is 11.2 Å². The van der Waals surface area contributed by atoms with E-state index in [4.69, 9.17) is 4.74 Å². The third kappa shape index (κ3) is 4.51. The summed E-state index contributed by atoms with van der Waals surface area (Å²) in [5, 5.41) is 7.36. The number of hydrogen-bond acceptors (Lipinski definition) is 3. The molecule has 1 aromatic heterocycles. The van der Waals surface area contributed by atoms with Crippen molar-refractivity contribution in [2.45, 2.75) is 26.3 Å². The van der Waals surface area contributed by atoms with Crippen LogP contribution in [0.25, 0.3) is 5.69 Å². The fraction of sp³-hybridized carbons (Fsp3) is 0.238. The van der Waals surface area contributed by atoms with Gasteiger partial charge in [-0.2, -0.15) is 5.10 Å². The lowest BCUT2D eigenvalue weighted by Crippen LogP contribution is -2.27. The number of nitrogens with one attached hydrogen (secondary N) is 1. The fourth-order valence-corrected chi connectivity index (χ4v) is 2.75. The normalized spacial score (nSPS) is 11.8. The van der Waals surface area contributed by atoms with E-state index in [-0.39, 0.29) is 11.9 Å². The zero-order valence-corrected chi connectivity index (χ0v) is 15.1. The zero-order chi connectivity index (χ0) is 18.4. The van der Waals surface area contributed by atoms with Gasteiger partial charge in [0, 0.05) is 6.20 Å². The van der Waals surface area contributed by atoms with Crippen LogP contribution in [-0.4, -0.2) is 22.3 Å². The summed E-state index contributed by atoms with van der Waals surface area (Å²) in [6, 6.07) is 17.6. The van der Waals surface area contributed by atoms with E-state index in [1.807, 2.05) is 74.6 Å². The summed E-state index contributed by atoms with van der Waals surface area (Å²) in [5.74, 6) is 0.807. The highest BCUT2D eigenvalue weighted by Crippen LogP contribution is 2.18. The third-order valence-corrected chi connectivity index (χ3v) is 4.09. The Morgan fingerprint density at radius 1 is 1.15 bits per heavy atom. The number of carbonyl (C=O) groups is 1. The van der Waals surface area contributed by atoms with Crippen LogP contribution in [0.2, 0.25) is 0 Å². The summed E-state index contributed by atoms with van der Waals surface area (Å²) in [6.07, 6.45) is 3.92. The lowest BCUT2D eigenvalue weighted by Gasteiger charge is -2.14. The molecule has 0 aliphatic heterocycles. The Morgan fingerprint density at radius 3 is 2.58 bits per heavy atom. The smallest absolute Gasteiger partial charge is 0.225 e. The molecule has 0 bridgehead atoms. The van der Waals surface area contributed by atoms with E-state index < -0.39 is 0 Å². The largest absolute Gasteiger partial charge is 0.494 e. The molecule has 0 radical (unpaired) electrons. The molecular weight excluding hydrogens is 326 g/mol. The third-order valence-electron chi connectivity index (χ3n) is 4.09. The molecule has 1 amide bonds. The molecule has 134 valence electrons. The summed E-state index contributed by atoms with van der Waals surface area (Å²) in [4.78, 5) is 12.3. The first-order valence-corrected chi connectivity index (χ1v) is 8.77. The highest BCUT2D eigenvalue weighted by molar-refractivity contribution is 5.78. The Hall–Kier alpha value is -3.08. The van der Waals surface area contributed by atoms with Crippen LogP contribution in [0.3, 0.4) is 0 Å². The average Bonchev–Trinajstić information content (AvgIpc) is 3.11. The highest BCUT2D eigenvalue weighted by Gasteiger charge is 2.11. The number of benzene rings is 2. The Morgan fingerprint density at radius 2 is 1.88 bits per heavy atom. The van der Waals surface area contributed by atoms with Crippen LogP contribution in [0.5, 0.6) is 5.75 Å². The Kier molecular flexibility index (Phi) is 5.69. The standard InChI is InChI=1S/C21H23N3O2/c1-3-26-20-11-9-18(10-12-20)16(2)23-21(25)13-17-14-22-24(15-17)19-7-5-4-6-8-19/h4-12,14-16H,3,13H2,1-2H3,(H,23,25)/t16-/m1/s1. The number of para-hydroxylation sites is 1. The van der Waals surface area contributed by atoms with E-state index in [9.17, 15) is 4.79 Å². The summed E-state index contributed by atoms with van der Waals surface area (Å²) in [6.45, 7) is 4.57. The number of ether oxygens (including phenoxy) is 1. The molecule has 0 fully saturated rings. The lowest BCUT2D eigenvalue weighted by molar-refractivity contribution is -0.121. The summed E-state index contributed by atoms with van der Waals surface area (Å²) in [7, 11) is 0. The van der Waals surface area contributed by atoms with Gasteiger partial charge in [0.25, 0.3) is 0 Å². The van der Waals surface area contributed by atoms with Crippen LogP contribution >= 0.6 is 0 Å². The molecule has 0 spiro atoms. The monoisotopic (exact) mass is 349 g/mol. The SMILES string of the molecule is CCOc1ccc([C@@H](C)NC(=O)Cc2cnn(-c3ccccc3)c2)cc1. The fourth-order valence-electron chi connectivity index (χ4n) is 2.75. The van der Waals surface area contributed by atoms with Crippen molar-refractivity contribution in [3.63, 3.8) is 0 Å². The van der Waals surface area contributed by atoms with E-state index >= 15 is 0 Å². The van der Waals surface area contributed by atoms with Crippen molar-refractivity contribution >= 4 is 5.91 Å². The van der Waals surface area contributed by atoms with Gasteiger partial charge < -0.3 is 10.1 Å². The van der Waals surface area contributed by atoms with Gasteiger partial charge in [0.1, 0.15) is 5.75 Å². The summed E-state index contributed by atoms with van der Waals surface area (Å²) < 4.78 is 7.22. The van der Waals surface area contributed by atoms with Crippen molar-refractivity contribution in [2.24, 2.45) is 0 Å². The van der Waals surface area contributed by atoms with Crippen LogP contribution in [0.15, 0.2) is 67.0 Å². The molecule has 0 saturated carbocycles. The molecule has 5 heteroatoms. The molecule has 26 heavy (non-hydrogen) atoms. The van der Waals surface area contributed by atoms with Crippen LogP contribution in [0.4, 0.5) is 0 Å². The highest BCUT2D eigenvalue weighted by atomic mass is 16.5. The van der Waals surface area contributed by atoms with Crippen molar-refractivity contribution in [3.8, 4) is 11.4 Å². The predicted molar refractivity (Wildman–Crippen MR) is 101 cm³/mol. The van der Waals surface area contributed by atoms with Gasteiger partial charge in [-0.05, 0) is 49.2 Å². The van der Waals surface area contributed by atoms with Crippen LogP contribution in [0.1, 0.15) is 31.0 Å². The molecule has 3 rings (SSSR count). The second kappa shape index (κ2) is 8.34. The van der Waals surface area contributed by atoms with E-state index in [0.717, 1.165) is 22.6 Å². The molecular formula is C21H23N3O2. The molecule has 2 aromatic carbocycles. The average molecular weight is 349 g/mol. The van der Waals surface area contributed by atoms with Gasteiger partial charge in [-0.3, -0.25) is 4.79 Å². The minimum atomic E-state index is -0.0673. The van der Waals surface area contributed by atoms with E-state index in [0.29, 0.717) is 13.0 Å². The Balaban J connectivity index is 1.57. The van der Waals surface area contributed by atoms with E-state index in [2.05, 4.69) is 10.4 Å². The van der Waals surface area contributed by atoms with Crippen molar-refractivity contribution in [1.82, 2.24) is 15.1 Å². The minimum Gasteiger partial charge on any atom is -0.494 e. The molecule has 3 aromatic rings. The van der Waals surface area contributed by atoms with E-state index in [1.54, 1.807) is 10.9 Å². The van der Waals surface area contributed by atoms with Gasteiger partial charge in [-0.1, -0.05) is 30.3 Å². The molecule has 0 aliphatic rings. The maximum atomic E-state index is 12.3. The van der Waals surface area contributed by atoms with Crippen molar-refractivity contribution < 1.29 is 9.53 Å². The first-order valence-electron chi connectivity index (χ1n) is 8.77. The van der Waals surface area contributed by atoms with Crippen molar-refractivity contribution in [2.75, 3.05) is 6.61 Å². The molecule has 5 nitrogen and oxygen atoms in total. The Labute approximate surface area is 153 Å². The molecule has 1 N–H and O–H groups in total. The maximum Gasteiger partial charge on any atom is 0.225 e. The second-order valence-electron chi connectivity index (χ2n) is 6.10. The summed E-state index contributed by atoms with van der Waals surface area (Å²) >= 11 is 0. The van der Waals surface area contributed by atoms with Crippen LogP contribution < -0.4 is 10.1 Å². The number of amides is 1. The predicted octanol–water partition coefficient (Wildman–Crippen LogP) is 3.69. The topological polar surface area (TPSA) is 56.1 Å². The van der Waals surface area contributed by atoms with Gasteiger partial charge in [0.05, 0.1) is 31.0 Å². The molecule has 0 aliphatic carbocycles. The van der Waals surface area contributed by atoms with Crippen LogP contribution in [0, 0.1) is 0 Å². The van der Waals surface area contributed by atoms with Gasteiger partial charge in [-0.25, -0.2) is 4.68 Å². The van der Waals surface area contributed by atoms with Gasteiger partial charge in [-0.15, -0.1) is 0 Å². The number of hydrogen-bond donors (Lipinski definition) is 1. The second-order valence-corrected chi connectivity index (χ2v) is 6.10. The van der Waals surface area contributed by atoms with Gasteiger partial charge in [0.15, 0.2) is 0 Å². The first kappa shape index (κ1) is 17.7. The molecule has 0 unspecified atom stereocenters. The number of aromatic nitrogens is 2. The number of carbonyl (C=O) groups excluding carboxylic acids is 1. The quantitative estimate of drug-likeness (QED) is 0.708.